The Morgan fingerprint density at radius 3 is 2.61 bits per heavy atom. The maximum atomic E-state index is 12.0. The molecule has 2 aromatic rings. The molecule has 4 nitrogen and oxygen atoms in total. The summed E-state index contributed by atoms with van der Waals surface area (Å²) in [7, 11) is 1.79. The number of thioether (sulfide) groups is 1. The molecule has 94 valence electrons. The molecular weight excluding hydrogens is 246 g/mol. The highest BCUT2D eigenvalue weighted by Gasteiger charge is 2.10. The van der Waals surface area contributed by atoms with Crippen molar-refractivity contribution >= 4 is 17.5 Å². The fraction of sp³-hybridized carbons (Fsp3) is 0.308. The average Bonchev–Trinajstić information content (AvgIpc) is 2.76. The van der Waals surface area contributed by atoms with Gasteiger partial charge in [-0.05, 0) is 17.9 Å². The summed E-state index contributed by atoms with van der Waals surface area (Å²) in [6.07, 6.45) is 1.75. The van der Waals surface area contributed by atoms with Crippen LogP contribution < -0.4 is 0 Å². The van der Waals surface area contributed by atoms with Crippen molar-refractivity contribution in [2.45, 2.75) is 18.2 Å². The van der Waals surface area contributed by atoms with Crippen molar-refractivity contribution in [2.75, 3.05) is 5.75 Å². The topological polar surface area (TPSA) is 47.8 Å². The van der Waals surface area contributed by atoms with Crippen molar-refractivity contribution in [3.63, 3.8) is 0 Å². The molecule has 0 unspecified atom stereocenters. The third-order valence-electron chi connectivity index (χ3n) is 2.61. The maximum Gasteiger partial charge on any atom is 0.170 e. The molecule has 0 aliphatic carbocycles. The first kappa shape index (κ1) is 12.8. The first-order valence-electron chi connectivity index (χ1n) is 5.79. The molecule has 0 amide bonds. The SMILES string of the molecule is CCSc1ccc(C(=O)Cc2ncnn2C)cc1. The fourth-order valence-electron chi connectivity index (χ4n) is 1.63. The molecule has 0 fully saturated rings. The van der Waals surface area contributed by atoms with Crippen LogP contribution in [-0.2, 0) is 13.5 Å². The van der Waals surface area contributed by atoms with Gasteiger partial charge in [0.25, 0.3) is 0 Å². The number of ketones is 1. The van der Waals surface area contributed by atoms with Crippen molar-refractivity contribution in [1.82, 2.24) is 14.8 Å². The highest BCUT2D eigenvalue weighted by molar-refractivity contribution is 7.99. The third kappa shape index (κ3) is 2.98. The summed E-state index contributed by atoms with van der Waals surface area (Å²) in [5, 5.41) is 3.95. The van der Waals surface area contributed by atoms with Gasteiger partial charge in [0.15, 0.2) is 5.78 Å². The molecule has 0 atom stereocenters. The number of benzene rings is 1. The molecule has 0 aliphatic heterocycles. The summed E-state index contributed by atoms with van der Waals surface area (Å²) < 4.78 is 1.62. The lowest BCUT2D eigenvalue weighted by Gasteiger charge is -2.02. The molecule has 1 aromatic carbocycles. The molecule has 0 radical (unpaired) electrons. The highest BCUT2D eigenvalue weighted by atomic mass is 32.2. The van der Waals surface area contributed by atoms with Crippen molar-refractivity contribution < 1.29 is 4.79 Å². The van der Waals surface area contributed by atoms with Crippen molar-refractivity contribution in [2.24, 2.45) is 7.05 Å². The summed E-state index contributed by atoms with van der Waals surface area (Å²) in [6, 6.07) is 7.71. The normalized spacial score (nSPS) is 10.6. The van der Waals surface area contributed by atoms with Gasteiger partial charge in [0.1, 0.15) is 12.2 Å². The Labute approximate surface area is 110 Å². The van der Waals surface area contributed by atoms with Crippen LogP contribution in [0.4, 0.5) is 0 Å². The Bertz CT molecular complexity index is 533. The highest BCUT2D eigenvalue weighted by Crippen LogP contribution is 2.18. The van der Waals surface area contributed by atoms with E-state index in [1.165, 1.54) is 11.2 Å². The van der Waals surface area contributed by atoms with Crippen LogP contribution >= 0.6 is 11.8 Å². The van der Waals surface area contributed by atoms with E-state index in [4.69, 9.17) is 0 Å². The number of hydrogen-bond donors (Lipinski definition) is 0. The first-order valence-corrected chi connectivity index (χ1v) is 6.78. The Kier molecular flexibility index (Phi) is 4.15. The number of carbonyl (C=O) groups excluding carboxylic acids is 1. The lowest BCUT2D eigenvalue weighted by Crippen LogP contribution is -2.08. The Hall–Kier alpha value is -1.62. The van der Waals surface area contributed by atoms with Gasteiger partial charge in [-0.2, -0.15) is 5.10 Å². The fourth-order valence-corrected chi connectivity index (χ4v) is 2.29. The molecule has 0 aliphatic rings. The average molecular weight is 261 g/mol. The molecule has 18 heavy (non-hydrogen) atoms. The minimum absolute atomic E-state index is 0.0687. The molecule has 0 bridgehead atoms. The van der Waals surface area contributed by atoms with Crippen LogP contribution in [0.2, 0.25) is 0 Å². The molecule has 1 aromatic heterocycles. The molecule has 0 saturated heterocycles. The van der Waals surface area contributed by atoms with E-state index in [9.17, 15) is 4.79 Å². The van der Waals surface area contributed by atoms with Gasteiger partial charge in [0.05, 0.1) is 6.42 Å². The van der Waals surface area contributed by atoms with Crippen LogP contribution in [0, 0.1) is 0 Å². The van der Waals surface area contributed by atoms with E-state index >= 15 is 0 Å². The molecule has 0 N–H and O–H groups in total. The summed E-state index contributed by atoms with van der Waals surface area (Å²) in [6.45, 7) is 2.11. The Morgan fingerprint density at radius 1 is 1.33 bits per heavy atom. The lowest BCUT2D eigenvalue weighted by atomic mass is 10.1. The monoisotopic (exact) mass is 261 g/mol. The zero-order valence-electron chi connectivity index (χ0n) is 10.5. The zero-order valence-corrected chi connectivity index (χ0v) is 11.3. The lowest BCUT2D eigenvalue weighted by molar-refractivity contribution is 0.0989. The second-order valence-electron chi connectivity index (χ2n) is 3.86. The molecule has 5 heteroatoms. The molecule has 0 saturated carbocycles. The minimum atomic E-state index is 0.0687. The predicted octanol–water partition coefficient (Wildman–Crippen LogP) is 2.35. The molecular formula is C13H15N3OS. The van der Waals surface area contributed by atoms with Gasteiger partial charge in [-0.15, -0.1) is 11.8 Å². The maximum absolute atomic E-state index is 12.0. The Morgan fingerprint density at radius 2 is 2.06 bits per heavy atom. The summed E-state index contributed by atoms with van der Waals surface area (Å²) in [4.78, 5) is 17.3. The van der Waals surface area contributed by atoms with E-state index in [1.807, 2.05) is 24.3 Å². The van der Waals surface area contributed by atoms with Crippen LogP contribution in [0.15, 0.2) is 35.5 Å². The number of nitrogens with zero attached hydrogens (tertiary/aromatic N) is 3. The molecule has 1 heterocycles. The number of aromatic nitrogens is 3. The molecule has 2 rings (SSSR count). The van der Waals surface area contributed by atoms with Crippen molar-refractivity contribution in [1.29, 1.82) is 0 Å². The Balaban J connectivity index is 2.07. The van der Waals surface area contributed by atoms with Gasteiger partial charge >= 0.3 is 0 Å². The largest absolute Gasteiger partial charge is 0.294 e. The van der Waals surface area contributed by atoms with Gasteiger partial charge in [-0.3, -0.25) is 9.48 Å². The van der Waals surface area contributed by atoms with Crippen LogP contribution in [0.25, 0.3) is 0 Å². The van der Waals surface area contributed by atoms with Gasteiger partial charge in [-0.1, -0.05) is 19.1 Å². The van der Waals surface area contributed by atoms with E-state index in [2.05, 4.69) is 17.0 Å². The zero-order chi connectivity index (χ0) is 13.0. The predicted molar refractivity (Wildman–Crippen MR) is 71.9 cm³/mol. The van der Waals surface area contributed by atoms with Gasteiger partial charge in [0.2, 0.25) is 0 Å². The van der Waals surface area contributed by atoms with E-state index in [0.29, 0.717) is 5.82 Å². The van der Waals surface area contributed by atoms with E-state index in [-0.39, 0.29) is 12.2 Å². The third-order valence-corrected chi connectivity index (χ3v) is 3.51. The van der Waals surface area contributed by atoms with Crippen LogP contribution in [0.5, 0.6) is 0 Å². The summed E-state index contributed by atoms with van der Waals surface area (Å²) >= 11 is 1.77. The van der Waals surface area contributed by atoms with Crippen molar-refractivity contribution in [3.05, 3.63) is 42.0 Å². The van der Waals surface area contributed by atoms with E-state index in [0.717, 1.165) is 11.3 Å². The smallest absolute Gasteiger partial charge is 0.170 e. The van der Waals surface area contributed by atoms with Crippen molar-refractivity contribution in [3.8, 4) is 0 Å². The van der Waals surface area contributed by atoms with Crippen LogP contribution in [0.1, 0.15) is 23.1 Å². The second kappa shape index (κ2) is 5.82. The number of aryl methyl sites for hydroxylation is 1. The number of hydrogen-bond acceptors (Lipinski definition) is 4. The van der Waals surface area contributed by atoms with Crippen LogP contribution in [0.3, 0.4) is 0 Å². The van der Waals surface area contributed by atoms with E-state index in [1.54, 1.807) is 23.5 Å². The second-order valence-corrected chi connectivity index (χ2v) is 5.19. The van der Waals surface area contributed by atoms with Gasteiger partial charge in [-0.25, -0.2) is 4.98 Å². The van der Waals surface area contributed by atoms with Gasteiger partial charge in [0, 0.05) is 17.5 Å². The minimum Gasteiger partial charge on any atom is -0.294 e. The standard InChI is InChI=1S/C13H15N3OS/c1-3-18-11-6-4-10(5-7-11)12(17)8-13-14-9-15-16(13)2/h4-7,9H,3,8H2,1-2H3. The van der Waals surface area contributed by atoms with Crippen LogP contribution in [-0.4, -0.2) is 26.3 Å². The van der Waals surface area contributed by atoms with E-state index < -0.39 is 0 Å². The number of carbonyl (C=O) groups is 1. The number of rotatable bonds is 5. The quantitative estimate of drug-likeness (QED) is 0.612. The number of Topliss-reactive ketones (excluding diaryl/α,β-unsaturated/α-hetero) is 1. The summed E-state index contributed by atoms with van der Waals surface area (Å²) in [5.74, 6) is 1.79. The first-order chi connectivity index (χ1) is 8.70. The molecule has 0 spiro atoms. The summed E-state index contributed by atoms with van der Waals surface area (Å²) in [5.41, 5.74) is 0.721. The van der Waals surface area contributed by atoms with Gasteiger partial charge < -0.3 is 0 Å².